The SMILES string of the molecule is Cc1cc(CC(=O)N2CCN3C(COCC3c3ccccc3)C2)on1. The molecule has 2 fully saturated rings. The number of hydrogen-bond donors (Lipinski definition) is 0. The largest absolute Gasteiger partial charge is 0.378 e. The molecule has 0 radical (unpaired) electrons. The van der Waals surface area contributed by atoms with Gasteiger partial charge >= 0.3 is 0 Å². The van der Waals surface area contributed by atoms with Gasteiger partial charge in [-0.25, -0.2) is 0 Å². The van der Waals surface area contributed by atoms with Gasteiger partial charge in [-0.1, -0.05) is 35.5 Å². The van der Waals surface area contributed by atoms with E-state index in [4.69, 9.17) is 9.26 Å². The van der Waals surface area contributed by atoms with Crippen LogP contribution in [0.2, 0.25) is 0 Å². The highest BCUT2D eigenvalue weighted by Gasteiger charge is 2.37. The Kier molecular flexibility index (Phi) is 4.55. The van der Waals surface area contributed by atoms with Gasteiger partial charge in [0.1, 0.15) is 5.76 Å². The molecule has 2 saturated heterocycles. The molecular formula is C19H23N3O3. The van der Waals surface area contributed by atoms with Crippen LogP contribution in [0.3, 0.4) is 0 Å². The van der Waals surface area contributed by atoms with Crippen LogP contribution in [0.5, 0.6) is 0 Å². The molecule has 1 aromatic heterocycles. The summed E-state index contributed by atoms with van der Waals surface area (Å²) in [5.41, 5.74) is 2.09. The van der Waals surface area contributed by atoms with Crippen molar-refractivity contribution in [2.45, 2.75) is 25.4 Å². The number of hydrogen-bond acceptors (Lipinski definition) is 5. The molecule has 0 saturated carbocycles. The predicted octanol–water partition coefficient (Wildman–Crippen LogP) is 1.81. The summed E-state index contributed by atoms with van der Waals surface area (Å²) >= 11 is 0. The molecule has 0 spiro atoms. The molecule has 2 aromatic rings. The molecule has 0 bridgehead atoms. The zero-order valence-corrected chi connectivity index (χ0v) is 14.4. The molecule has 2 unspecified atom stereocenters. The van der Waals surface area contributed by atoms with Crippen molar-refractivity contribution in [3.05, 3.63) is 53.4 Å². The van der Waals surface area contributed by atoms with Crippen molar-refractivity contribution in [2.24, 2.45) is 0 Å². The van der Waals surface area contributed by atoms with Gasteiger partial charge in [0.05, 0.1) is 37.4 Å². The fourth-order valence-electron chi connectivity index (χ4n) is 3.79. The summed E-state index contributed by atoms with van der Waals surface area (Å²) < 4.78 is 11.0. The second-order valence-corrected chi connectivity index (χ2v) is 6.81. The lowest BCUT2D eigenvalue weighted by Gasteiger charge is -2.48. The van der Waals surface area contributed by atoms with Crippen LogP contribution >= 0.6 is 0 Å². The van der Waals surface area contributed by atoms with Gasteiger partial charge in [-0.2, -0.15) is 0 Å². The van der Waals surface area contributed by atoms with E-state index in [2.05, 4.69) is 34.3 Å². The molecule has 4 rings (SSSR count). The van der Waals surface area contributed by atoms with E-state index in [1.54, 1.807) is 0 Å². The number of aromatic nitrogens is 1. The number of morpholine rings is 1. The van der Waals surface area contributed by atoms with Gasteiger partial charge in [0.25, 0.3) is 0 Å². The summed E-state index contributed by atoms with van der Waals surface area (Å²) in [6.07, 6.45) is 0.274. The van der Waals surface area contributed by atoms with E-state index >= 15 is 0 Å². The van der Waals surface area contributed by atoms with Crippen LogP contribution in [0, 0.1) is 6.92 Å². The molecule has 6 nitrogen and oxygen atoms in total. The number of carbonyl (C=O) groups is 1. The summed E-state index contributed by atoms with van der Waals surface area (Å²) in [5, 5.41) is 3.85. The minimum Gasteiger partial charge on any atom is -0.378 e. The lowest BCUT2D eigenvalue weighted by Crippen LogP contribution is -2.60. The van der Waals surface area contributed by atoms with E-state index in [0.29, 0.717) is 25.5 Å². The van der Waals surface area contributed by atoms with Crippen LogP contribution in [-0.2, 0) is 16.0 Å². The maximum atomic E-state index is 12.6. The van der Waals surface area contributed by atoms with E-state index in [1.807, 2.05) is 24.0 Å². The highest BCUT2D eigenvalue weighted by atomic mass is 16.5. The van der Waals surface area contributed by atoms with Gasteiger partial charge in [0.15, 0.2) is 0 Å². The molecule has 0 N–H and O–H groups in total. The Balaban J connectivity index is 1.42. The van der Waals surface area contributed by atoms with Crippen LogP contribution in [-0.4, -0.2) is 59.8 Å². The van der Waals surface area contributed by atoms with Crippen molar-refractivity contribution in [2.75, 3.05) is 32.8 Å². The minimum atomic E-state index is 0.0950. The second-order valence-electron chi connectivity index (χ2n) is 6.81. The zero-order chi connectivity index (χ0) is 17.2. The topological polar surface area (TPSA) is 58.8 Å². The average molecular weight is 341 g/mol. The van der Waals surface area contributed by atoms with Gasteiger partial charge in [0.2, 0.25) is 5.91 Å². The summed E-state index contributed by atoms with van der Waals surface area (Å²) in [7, 11) is 0. The Labute approximate surface area is 147 Å². The van der Waals surface area contributed by atoms with Crippen molar-refractivity contribution in [1.82, 2.24) is 15.0 Å². The number of rotatable bonds is 3. The third-order valence-electron chi connectivity index (χ3n) is 5.05. The number of carbonyl (C=O) groups excluding carboxylic acids is 1. The van der Waals surface area contributed by atoms with E-state index < -0.39 is 0 Å². The lowest BCUT2D eigenvalue weighted by molar-refractivity contribution is -0.139. The molecule has 3 heterocycles. The number of benzene rings is 1. The molecule has 1 aromatic carbocycles. The molecule has 6 heteroatoms. The average Bonchev–Trinajstić information content (AvgIpc) is 3.06. The van der Waals surface area contributed by atoms with Crippen molar-refractivity contribution >= 4 is 5.91 Å². The fraction of sp³-hybridized carbons (Fsp3) is 0.474. The first kappa shape index (κ1) is 16.3. The van der Waals surface area contributed by atoms with E-state index in [0.717, 1.165) is 18.8 Å². The van der Waals surface area contributed by atoms with Gasteiger partial charge in [-0.05, 0) is 12.5 Å². The lowest BCUT2D eigenvalue weighted by atomic mass is 10.00. The van der Waals surface area contributed by atoms with Crippen molar-refractivity contribution < 1.29 is 14.1 Å². The van der Waals surface area contributed by atoms with Gasteiger partial charge in [-0.15, -0.1) is 0 Å². The van der Waals surface area contributed by atoms with E-state index in [9.17, 15) is 4.79 Å². The minimum absolute atomic E-state index is 0.0950. The number of ether oxygens (including phenoxy) is 1. The highest BCUT2D eigenvalue weighted by Crippen LogP contribution is 2.29. The van der Waals surface area contributed by atoms with Crippen LogP contribution in [0.25, 0.3) is 0 Å². The summed E-state index contributed by atoms with van der Waals surface area (Å²) in [6, 6.07) is 12.8. The molecule has 132 valence electrons. The Morgan fingerprint density at radius 3 is 2.84 bits per heavy atom. The Morgan fingerprint density at radius 2 is 2.08 bits per heavy atom. The van der Waals surface area contributed by atoms with E-state index in [1.165, 1.54) is 5.56 Å². The monoisotopic (exact) mass is 341 g/mol. The number of nitrogens with zero attached hydrogens (tertiary/aromatic N) is 3. The van der Waals surface area contributed by atoms with Crippen molar-refractivity contribution in [1.29, 1.82) is 0 Å². The third kappa shape index (κ3) is 3.45. The third-order valence-corrected chi connectivity index (χ3v) is 5.05. The molecule has 2 atom stereocenters. The zero-order valence-electron chi connectivity index (χ0n) is 14.4. The molecule has 0 aliphatic carbocycles. The maximum Gasteiger partial charge on any atom is 0.230 e. The Bertz CT molecular complexity index is 731. The number of fused-ring (bicyclic) bond motifs is 1. The fourth-order valence-corrected chi connectivity index (χ4v) is 3.79. The molecule has 2 aliphatic heterocycles. The van der Waals surface area contributed by atoms with Gasteiger partial charge in [0, 0.05) is 25.7 Å². The second kappa shape index (κ2) is 6.98. The molecule has 25 heavy (non-hydrogen) atoms. The summed E-state index contributed by atoms with van der Waals surface area (Å²) in [5.74, 6) is 0.727. The smallest absolute Gasteiger partial charge is 0.230 e. The first-order chi connectivity index (χ1) is 12.2. The van der Waals surface area contributed by atoms with E-state index in [-0.39, 0.29) is 24.4 Å². The van der Waals surface area contributed by atoms with Crippen LogP contribution < -0.4 is 0 Å². The first-order valence-corrected chi connectivity index (χ1v) is 8.79. The number of piperazine rings is 1. The normalized spacial score (nSPS) is 24.1. The Hall–Kier alpha value is -2.18. The summed E-state index contributed by atoms with van der Waals surface area (Å²) in [6.45, 7) is 5.56. The predicted molar refractivity (Wildman–Crippen MR) is 92.0 cm³/mol. The van der Waals surface area contributed by atoms with Gasteiger partial charge in [-0.3, -0.25) is 9.69 Å². The van der Waals surface area contributed by atoms with Gasteiger partial charge < -0.3 is 14.2 Å². The van der Waals surface area contributed by atoms with Crippen LogP contribution in [0.4, 0.5) is 0 Å². The van der Waals surface area contributed by atoms with Crippen LogP contribution in [0.15, 0.2) is 40.9 Å². The molecule has 1 amide bonds. The highest BCUT2D eigenvalue weighted by molar-refractivity contribution is 5.78. The first-order valence-electron chi connectivity index (χ1n) is 8.79. The number of amides is 1. The molecule has 2 aliphatic rings. The van der Waals surface area contributed by atoms with Crippen molar-refractivity contribution in [3.63, 3.8) is 0 Å². The standard InChI is InChI=1S/C19H23N3O3/c1-14-9-17(25-20-14)10-19(23)21-7-8-22-16(11-21)12-24-13-18(22)15-5-3-2-4-6-15/h2-6,9,16,18H,7-8,10-13H2,1H3. The summed E-state index contributed by atoms with van der Waals surface area (Å²) in [4.78, 5) is 17.0. The quantitative estimate of drug-likeness (QED) is 0.852. The molecular weight excluding hydrogens is 318 g/mol. The van der Waals surface area contributed by atoms with Crippen LogP contribution in [0.1, 0.15) is 23.1 Å². The number of aryl methyl sites for hydroxylation is 1. The maximum absolute atomic E-state index is 12.6. The van der Waals surface area contributed by atoms with Crippen molar-refractivity contribution in [3.8, 4) is 0 Å². The Morgan fingerprint density at radius 1 is 1.24 bits per heavy atom.